The van der Waals surface area contributed by atoms with Crippen LogP contribution < -0.4 is 10.6 Å². The molecule has 0 fully saturated rings. The van der Waals surface area contributed by atoms with Crippen molar-refractivity contribution >= 4 is 46.6 Å². The summed E-state index contributed by atoms with van der Waals surface area (Å²) in [7, 11) is 0. The SMILES string of the molecule is O=C(CSc1ccc(NC(=O)c2ccc([N+](=O)[O-])cc2)cc1)Nc1cccc(C(=O)O)c1. The summed E-state index contributed by atoms with van der Waals surface area (Å²) < 4.78 is 0. The zero-order valence-corrected chi connectivity index (χ0v) is 17.3. The second-order valence-electron chi connectivity index (χ2n) is 6.51. The van der Waals surface area contributed by atoms with Crippen LogP contribution in [0.3, 0.4) is 0 Å². The molecular formula is C22H17N3O6S. The van der Waals surface area contributed by atoms with Crippen LogP contribution in [0.1, 0.15) is 20.7 Å². The third-order valence-electron chi connectivity index (χ3n) is 4.22. The standard InChI is InChI=1S/C22H17N3O6S/c26-20(23-17-3-1-2-15(12-17)22(28)29)13-32-19-10-6-16(7-11-19)24-21(27)14-4-8-18(9-5-14)25(30)31/h1-12H,13H2,(H,23,26)(H,24,27)(H,28,29). The minimum atomic E-state index is -1.07. The zero-order chi connectivity index (χ0) is 23.1. The van der Waals surface area contributed by atoms with E-state index in [1.807, 2.05) is 0 Å². The Hall–Kier alpha value is -4.18. The molecule has 9 nitrogen and oxygen atoms in total. The number of nitro groups is 1. The van der Waals surface area contributed by atoms with E-state index < -0.39 is 16.8 Å². The highest BCUT2D eigenvalue weighted by atomic mass is 32.2. The van der Waals surface area contributed by atoms with E-state index in [1.165, 1.54) is 48.2 Å². The molecule has 2 amide bonds. The second kappa shape index (κ2) is 10.2. The smallest absolute Gasteiger partial charge is 0.335 e. The Balaban J connectivity index is 1.51. The van der Waals surface area contributed by atoms with Crippen LogP contribution in [-0.4, -0.2) is 33.6 Å². The van der Waals surface area contributed by atoms with Gasteiger partial charge in [-0.25, -0.2) is 4.79 Å². The zero-order valence-electron chi connectivity index (χ0n) is 16.5. The summed E-state index contributed by atoms with van der Waals surface area (Å²) in [6, 6.07) is 18.1. The molecule has 0 aliphatic carbocycles. The molecule has 0 unspecified atom stereocenters. The van der Waals surface area contributed by atoms with Crippen LogP contribution in [-0.2, 0) is 4.79 Å². The van der Waals surface area contributed by atoms with Gasteiger partial charge in [-0.15, -0.1) is 11.8 Å². The topological polar surface area (TPSA) is 139 Å². The lowest BCUT2D eigenvalue weighted by Gasteiger charge is -2.08. The number of anilines is 2. The summed E-state index contributed by atoms with van der Waals surface area (Å²) in [4.78, 5) is 46.3. The van der Waals surface area contributed by atoms with E-state index in [9.17, 15) is 24.5 Å². The minimum Gasteiger partial charge on any atom is -0.478 e. The lowest BCUT2D eigenvalue weighted by molar-refractivity contribution is -0.384. The van der Waals surface area contributed by atoms with Gasteiger partial charge in [0.1, 0.15) is 0 Å². The van der Waals surface area contributed by atoms with E-state index in [2.05, 4.69) is 10.6 Å². The molecule has 0 atom stereocenters. The van der Waals surface area contributed by atoms with Gasteiger partial charge in [0.05, 0.1) is 16.2 Å². The van der Waals surface area contributed by atoms with Gasteiger partial charge in [-0.2, -0.15) is 0 Å². The highest BCUT2D eigenvalue weighted by Crippen LogP contribution is 2.22. The first kappa shape index (κ1) is 22.5. The van der Waals surface area contributed by atoms with E-state index in [4.69, 9.17) is 5.11 Å². The van der Waals surface area contributed by atoms with E-state index in [0.717, 1.165) is 4.90 Å². The van der Waals surface area contributed by atoms with Gasteiger partial charge in [0.15, 0.2) is 0 Å². The number of hydrogen-bond acceptors (Lipinski definition) is 6. The number of hydrogen-bond donors (Lipinski definition) is 3. The maximum Gasteiger partial charge on any atom is 0.335 e. The van der Waals surface area contributed by atoms with E-state index in [1.54, 1.807) is 36.4 Å². The third kappa shape index (κ3) is 6.16. The van der Waals surface area contributed by atoms with Gasteiger partial charge >= 0.3 is 5.97 Å². The maximum atomic E-state index is 12.3. The predicted octanol–water partition coefficient (Wildman–Crippen LogP) is 4.28. The Bertz CT molecular complexity index is 1160. The molecule has 162 valence electrons. The molecule has 3 aromatic carbocycles. The molecule has 0 bridgehead atoms. The Labute approximate surface area is 186 Å². The van der Waals surface area contributed by atoms with Gasteiger partial charge in [-0.05, 0) is 54.6 Å². The van der Waals surface area contributed by atoms with Crippen molar-refractivity contribution in [1.82, 2.24) is 0 Å². The number of nitrogens with zero attached hydrogens (tertiary/aromatic N) is 1. The molecule has 32 heavy (non-hydrogen) atoms. The number of carbonyl (C=O) groups excluding carboxylic acids is 2. The number of carboxylic acid groups (broad SMARTS) is 1. The second-order valence-corrected chi connectivity index (χ2v) is 7.55. The number of thioether (sulfide) groups is 1. The van der Waals surface area contributed by atoms with Crippen LogP contribution in [0.25, 0.3) is 0 Å². The first-order chi connectivity index (χ1) is 15.3. The molecule has 10 heteroatoms. The summed E-state index contributed by atoms with van der Waals surface area (Å²) in [5, 5.41) is 25.0. The van der Waals surface area contributed by atoms with E-state index in [0.29, 0.717) is 11.4 Å². The Morgan fingerprint density at radius 3 is 2.19 bits per heavy atom. The van der Waals surface area contributed by atoms with Crippen molar-refractivity contribution in [2.75, 3.05) is 16.4 Å². The molecular weight excluding hydrogens is 434 g/mol. The number of nitro benzene ring substituents is 1. The number of carboxylic acids is 1. The van der Waals surface area contributed by atoms with Gasteiger partial charge in [0, 0.05) is 34.0 Å². The summed E-state index contributed by atoms with van der Waals surface area (Å²) in [5.41, 5.74) is 1.22. The number of nitrogens with one attached hydrogen (secondary N) is 2. The van der Waals surface area contributed by atoms with Crippen LogP contribution in [0, 0.1) is 10.1 Å². The lowest BCUT2D eigenvalue weighted by atomic mass is 10.2. The van der Waals surface area contributed by atoms with Gasteiger partial charge in [-0.3, -0.25) is 19.7 Å². The Morgan fingerprint density at radius 2 is 1.56 bits per heavy atom. The number of amides is 2. The van der Waals surface area contributed by atoms with Gasteiger partial charge in [-0.1, -0.05) is 6.07 Å². The van der Waals surface area contributed by atoms with Crippen LogP contribution in [0.4, 0.5) is 17.1 Å². The van der Waals surface area contributed by atoms with Crippen molar-refractivity contribution in [2.45, 2.75) is 4.90 Å². The van der Waals surface area contributed by atoms with E-state index >= 15 is 0 Å². The maximum absolute atomic E-state index is 12.3. The molecule has 0 heterocycles. The molecule has 0 radical (unpaired) electrons. The predicted molar refractivity (Wildman–Crippen MR) is 120 cm³/mol. The first-order valence-electron chi connectivity index (χ1n) is 9.24. The van der Waals surface area contributed by atoms with Crippen molar-refractivity contribution in [1.29, 1.82) is 0 Å². The fourth-order valence-corrected chi connectivity index (χ4v) is 3.35. The molecule has 0 saturated carbocycles. The van der Waals surface area contributed by atoms with Crippen LogP contribution >= 0.6 is 11.8 Å². The summed E-state index contributed by atoms with van der Waals surface area (Å²) in [5.74, 6) is -1.64. The fourth-order valence-electron chi connectivity index (χ4n) is 2.65. The number of non-ortho nitro benzene ring substituents is 1. The normalized spacial score (nSPS) is 10.2. The largest absolute Gasteiger partial charge is 0.478 e. The summed E-state index contributed by atoms with van der Waals surface area (Å²) in [6.45, 7) is 0. The lowest BCUT2D eigenvalue weighted by Crippen LogP contribution is -2.14. The van der Waals surface area contributed by atoms with Crippen LogP contribution in [0.15, 0.2) is 77.7 Å². The first-order valence-corrected chi connectivity index (χ1v) is 10.2. The third-order valence-corrected chi connectivity index (χ3v) is 5.23. The number of aromatic carboxylic acids is 1. The van der Waals surface area contributed by atoms with Gasteiger partial charge in [0.2, 0.25) is 5.91 Å². The Kier molecular flexibility index (Phi) is 7.19. The van der Waals surface area contributed by atoms with Gasteiger partial charge < -0.3 is 15.7 Å². The van der Waals surface area contributed by atoms with Crippen molar-refractivity contribution in [3.8, 4) is 0 Å². The fraction of sp³-hybridized carbons (Fsp3) is 0.0455. The molecule has 3 N–H and O–H groups in total. The van der Waals surface area contributed by atoms with Crippen LogP contribution in [0.2, 0.25) is 0 Å². The Morgan fingerprint density at radius 1 is 0.875 bits per heavy atom. The molecule has 0 aliphatic rings. The van der Waals surface area contributed by atoms with E-state index in [-0.39, 0.29) is 28.5 Å². The van der Waals surface area contributed by atoms with Crippen molar-refractivity contribution in [3.05, 3.63) is 94.0 Å². The average Bonchev–Trinajstić information content (AvgIpc) is 2.79. The summed E-state index contributed by atoms with van der Waals surface area (Å²) >= 11 is 1.28. The van der Waals surface area contributed by atoms with Crippen LogP contribution in [0.5, 0.6) is 0 Å². The van der Waals surface area contributed by atoms with Crippen molar-refractivity contribution < 1.29 is 24.4 Å². The highest BCUT2D eigenvalue weighted by Gasteiger charge is 2.10. The summed E-state index contributed by atoms with van der Waals surface area (Å²) in [6.07, 6.45) is 0. The molecule has 3 rings (SSSR count). The number of carbonyl (C=O) groups is 3. The molecule has 0 aliphatic heterocycles. The van der Waals surface area contributed by atoms with Gasteiger partial charge in [0.25, 0.3) is 11.6 Å². The molecule has 0 aromatic heterocycles. The van der Waals surface area contributed by atoms with Crippen molar-refractivity contribution in [3.63, 3.8) is 0 Å². The minimum absolute atomic E-state index is 0.0850. The highest BCUT2D eigenvalue weighted by molar-refractivity contribution is 8.00. The molecule has 0 saturated heterocycles. The molecule has 3 aromatic rings. The van der Waals surface area contributed by atoms with Crippen molar-refractivity contribution in [2.24, 2.45) is 0 Å². The molecule has 0 spiro atoms. The number of rotatable bonds is 8. The monoisotopic (exact) mass is 451 g/mol. The number of benzene rings is 3. The average molecular weight is 451 g/mol. The quantitative estimate of drug-likeness (QED) is 0.264.